The van der Waals surface area contributed by atoms with E-state index in [0.29, 0.717) is 0 Å². The van der Waals surface area contributed by atoms with Gasteiger partial charge in [-0.25, -0.2) is 12.8 Å². The fraction of sp³-hybridized carbons (Fsp3) is 0.400. The summed E-state index contributed by atoms with van der Waals surface area (Å²) in [5.74, 6) is -1.91. The second-order valence-electron chi connectivity index (χ2n) is 3.76. The largest absolute Gasteiger partial charge is 0.379 e. The van der Waals surface area contributed by atoms with Crippen LogP contribution in [0.3, 0.4) is 0 Å². The fourth-order valence-corrected chi connectivity index (χ4v) is 3.03. The van der Waals surface area contributed by atoms with Gasteiger partial charge < -0.3 is 4.18 Å². The van der Waals surface area contributed by atoms with Gasteiger partial charge in [-0.05, 0) is 18.6 Å². The molecule has 0 bridgehead atoms. The van der Waals surface area contributed by atoms with Gasteiger partial charge in [0.05, 0.1) is 11.5 Å². The molecule has 1 rings (SSSR count). The Kier molecular flexibility index (Phi) is 4.69. The molecule has 0 unspecified atom stereocenters. The standard InChI is InChI=1S/C10H13FO5S2/c1-17(12,13)7-4-8-18(14,15)16-10-6-3-2-5-9(10)11/h2-3,5-6H,4,7-8H2,1H3. The lowest BCUT2D eigenvalue weighted by Gasteiger charge is -2.07. The van der Waals surface area contributed by atoms with Crippen molar-refractivity contribution < 1.29 is 25.4 Å². The molecule has 0 radical (unpaired) electrons. The summed E-state index contributed by atoms with van der Waals surface area (Å²) in [6.45, 7) is 0. The Labute approximate surface area is 106 Å². The van der Waals surface area contributed by atoms with Gasteiger partial charge in [0.1, 0.15) is 9.84 Å². The maximum absolute atomic E-state index is 13.1. The summed E-state index contributed by atoms with van der Waals surface area (Å²) in [6, 6.07) is 5.09. The Bertz CT molecular complexity index is 607. The molecule has 0 heterocycles. The summed E-state index contributed by atoms with van der Waals surface area (Å²) in [4.78, 5) is 0. The molecule has 0 amide bonds. The first-order valence-corrected chi connectivity index (χ1v) is 8.68. The van der Waals surface area contributed by atoms with Crippen molar-refractivity contribution in [3.63, 3.8) is 0 Å². The van der Waals surface area contributed by atoms with Crippen molar-refractivity contribution in [1.29, 1.82) is 0 Å². The number of sulfone groups is 1. The Morgan fingerprint density at radius 3 is 2.28 bits per heavy atom. The Morgan fingerprint density at radius 2 is 1.72 bits per heavy atom. The highest BCUT2D eigenvalue weighted by molar-refractivity contribution is 7.90. The van der Waals surface area contributed by atoms with Crippen molar-refractivity contribution >= 4 is 20.0 Å². The van der Waals surface area contributed by atoms with Gasteiger partial charge in [-0.1, -0.05) is 12.1 Å². The van der Waals surface area contributed by atoms with Crippen molar-refractivity contribution in [3.05, 3.63) is 30.1 Å². The highest BCUT2D eigenvalue weighted by Crippen LogP contribution is 2.17. The second-order valence-corrected chi connectivity index (χ2v) is 7.71. The van der Waals surface area contributed by atoms with Crippen LogP contribution in [0.4, 0.5) is 4.39 Å². The van der Waals surface area contributed by atoms with Gasteiger partial charge >= 0.3 is 10.1 Å². The summed E-state index contributed by atoms with van der Waals surface area (Å²) in [5, 5.41) is 0. The van der Waals surface area contributed by atoms with Crippen LogP contribution in [0.15, 0.2) is 24.3 Å². The monoisotopic (exact) mass is 296 g/mol. The van der Waals surface area contributed by atoms with Crippen LogP contribution in [0.25, 0.3) is 0 Å². The van der Waals surface area contributed by atoms with Crippen LogP contribution >= 0.6 is 0 Å². The first-order valence-electron chi connectivity index (χ1n) is 5.04. The van der Waals surface area contributed by atoms with E-state index in [2.05, 4.69) is 4.18 Å². The Morgan fingerprint density at radius 1 is 1.11 bits per heavy atom. The van der Waals surface area contributed by atoms with Gasteiger partial charge in [-0.3, -0.25) is 0 Å². The molecule has 5 nitrogen and oxygen atoms in total. The average Bonchev–Trinajstić information content (AvgIpc) is 2.18. The van der Waals surface area contributed by atoms with E-state index in [1.54, 1.807) is 0 Å². The van der Waals surface area contributed by atoms with E-state index >= 15 is 0 Å². The zero-order valence-corrected chi connectivity index (χ0v) is 11.3. The first-order chi connectivity index (χ1) is 8.20. The van der Waals surface area contributed by atoms with Gasteiger partial charge in [0.15, 0.2) is 11.6 Å². The van der Waals surface area contributed by atoms with Gasteiger partial charge in [-0.2, -0.15) is 8.42 Å². The smallest absolute Gasteiger partial charge is 0.309 e. The third kappa shape index (κ3) is 5.46. The quantitative estimate of drug-likeness (QED) is 0.731. The molecule has 1 aromatic carbocycles. The number of halogens is 1. The molecule has 0 atom stereocenters. The molecular formula is C10H13FO5S2. The number of hydrogen-bond donors (Lipinski definition) is 0. The lowest BCUT2D eigenvalue weighted by molar-refractivity contribution is 0.461. The summed E-state index contributed by atoms with van der Waals surface area (Å²) in [5.41, 5.74) is 0. The normalized spacial score (nSPS) is 12.3. The molecule has 0 aliphatic rings. The molecule has 0 saturated carbocycles. The molecule has 0 aliphatic heterocycles. The van der Waals surface area contributed by atoms with E-state index in [1.807, 2.05) is 0 Å². The minimum atomic E-state index is -3.98. The number of benzene rings is 1. The lowest BCUT2D eigenvalue weighted by Crippen LogP contribution is -2.17. The van der Waals surface area contributed by atoms with Crippen LogP contribution < -0.4 is 4.18 Å². The predicted molar refractivity (Wildman–Crippen MR) is 65.1 cm³/mol. The van der Waals surface area contributed by atoms with Gasteiger partial charge in [0.25, 0.3) is 0 Å². The van der Waals surface area contributed by atoms with E-state index in [4.69, 9.17) is 0 Å². The second kappa shape index (κ2) is 5.66. The maximum atomic E-state index is 13.1. The highest BCUT2D eigenvalue weighted by atomic mass is 32.2. The van der Waals surface area contributed by atoms with Crippen LogP contribution in [-0.4, -0.2) is 34.6 Å². The third-order valence-corrected chi connectivity index (χ3v) is 4.22. The summed E-state index contributed by atoms with van der Waals surface area (Å²) in [7, 11) is -7.21. The molecule has 102 valence electrons. The number of para-hydroxylation sites is 1. The molecular weight excluding hydrogens is 283 g/mol. The molecule has 18 heavy (non-hydrogen) atoms. The topological polar surface area (TPSA) is 77.5 Å². The minimum Gasteiger partial charge on any atom is -0.379 e. The molecule has 0 saturated heterocycles. The van der Waals surface area contributed by atoms with Crippen LogP contribution in [0.5, 0.6) is 5.75 Å². The van der Waals surface area contributed by atoms with E-state index < -0.39 is 37.3 Å². The molecule has 0 N–H and O–H groups in total. The third-order valence-electron chi connectivity index (χ3n) is 1.96. The van der Waals surface area contributed by atoms with Gasteiger partial charge in [0, 0.05) is 6.26 Å². The van der Waals surface area contributed by atoms with Crippen molar-refractivity contribution in [1.82, 2.24) is 0 Å². The van der Waals surface area contributed by atoms with Gasteiger partial charge in [0.2, 0.25) is 0 Å². The van der Waals surface area contributed by atoms with Crippen LogP contribution in [0.2, 0.25) is 0 Å². The number of rotatable bonds is 6. The zero-order valence-electron chi connectivity index (χ0n) is 9.67. The fourth-order valence-electron chi connectivity index (χ4n) is 1.19. The van der Waals surface area contributed by atoms with Crippen molar-refractivity contribution in [2.45, 2.75) is 6.42 Å². The van der Waals surface area contributed by atoms with E-state index in [9.17, 15) is 21.2 Å². The summed E-state index contributed by atoms with van der Waals surface area (Å²) in [6.07, 6.45) is 0.924. The molecule has 0 spiro atoms. The SMILES string of the molecule is CS(=O)(=O)CCCS(=O)(=O)Oc1ccccc1F. The van der Waals surface area contributed by atoms with E-state index in [1.165, 1.54) is 18.2 Å². The molecule has 0 aromatic heterocycles. The van der Waals surface area contributed by atoms with E-state index in [0.717, 1.165) is 12.3 Å². The lowest BCUT2D eigenvalue weighted by atomic mass is 10.3. The maximum Gasteiger partial charge on any atom is 0.309 e. The zero-order chi connectivity index (χ0) is 13.8. The molecule has 0 aliphatic carbocycles. The van der Waals surface area contributed by atoms with Crippen LogP contribution in [-0.2, 0) is 20.0 Å². The Hall–Kier alpha value is -1.15. The van der Waals surface area contributed by atoms with Gasteiger partial charge in [-0.15, -0.1) is 0 Å². The average molecular weight is 296 g/mol. The molecule has 1 aromatic rings. The summed E-state index contributed by atoms with van der Waals surface area (Å²) >= 11 is 0. The van der Waals surface area contributed by atoms with E-state index in [-0.39, 0.29) is 12.2 Å². The van der Waals surface area contributed by atoms with Crippen molar-refractivity contribution in [2.24, 2.45) is 0 Å². The summed E-state index contributed by atoms with van der Waals surface area (Å²) < 4.78 is 62.3. The first kappa shape index (κ1) is 14.9. The molecule has 8 heteroatoms. The highest BCUT2D eigenvalue weighted by Gasteiger charge is 2.16. The Balaban J connectivity index is 2.64. The van der Waals surface area contributed by atoms with Crippen LogP contribution in [0, 0.1) is 5.82 Å². The van der Waals surface area contributed by atoms with Crippen molar-refractivity contribution in [3.8, 4) is 5.75 Å². The van der Waals surface area contributed by atoms with Crippen LogP contribution in [0.1, 0.15) is 6.42 Å². The number of hydrogen-bond acceptors (Lipinski definition) is 5. The molecule has 0 fully saturated rings. The minimum absolute atomic E-state index is 0.0877. The van der Waals surface area contributed by atoms with Crippen molar-refractivity contribution in [2.75, 3.05) is 17.8 Å². The predicted octanol–water partition coefficient (Wildman–Crippen LogP) is 0.969.